The molecule has 1 aromatic rings. The molecule has 0 saturated carbocycles. The van der Waals surface area contributed by atoms with Crippen LogP contribution in [0.5, 0.6) is 0 Å². The number of carbonyl (C=O) groups excluding carboxylic acids is 3. The lowest BCUT2D eigenvalue weighted by atomic mass is 9.97. The van der Waals surface area contributed by atoms with E-state index in [1.165, 1.54) is 32.0 Å². The first-order chi connectivity index (χ1) is 9.36. The van der Waals surface area contributed by atoms with E-state index in [-0.39, 0.29) is 42.1 Å². The minimum atomic E-state index is -0.249. The monoisotopic (exact) mass is 277 g/mol. The van der Waals surface area contributed by atoms with E-state index in [4.69, 9.17) is 5.11 Å². The van der Waals surface area contributed by atoms with Crippen LogP contribution in [0.4, 0.5) is 0 Å². The first-order valence-corrected chi connectivity index (χ1v) is 6.40. The Morgan fingerprint density at radius 3 is 2.25 bits per heavy atom. The second kappa shape index (κ2) is 7.07. The van der Waals surface area contributed by atoms with Gasteiger partial charge in [0.2, 0.25) is 0 Å². The van der Waals surface area contributed by atoms with Crippen molar-refractivity contribution >= 4 is 17.3 Å². The molecule has 2 N–H and O–H groups in total. The number of aliphatic hydroxyl groups excluding tert-OH is 1. The van der Waals surface area contributed by atoms with Crippen LogP contribution in [0.15, 0.2) is 18.2 Å². The molecule has 1 unspecified atom stereocenters. The van der Waals surface area contributed by atoms with E-state index in [0.29, 0.717) is 11.1 Å². The average molecular weight is 277 g/mol. The van der Waals surface area contributed by atoms with Gasteiger partial charge in [-0.25, -0.2) is 0 Å². The van der Waals surface area contributed by atoms with Gasteiger partial charge in [-0.1, -0.05) is 6.07 Å². The van der Waals surface area contributed by atoms with Crippen LogP contribution in [0.25, 0.3) is 0 Å². The largest absolute Gasteiger partial charge is 0.395 e. The summed E-state index contributed by atoms with van der Waals surface area (Å²) in [5.41, 5.74) is 0.960. The maximum Gasteiger partial charge on any atom is 0.176 e. The fourth-order valence-corrected chi connectivity index (χ4v) is 1.75. The van der Waals surface area contributed by atoms with Gasteiger partial charge >= 0.3 is 0 Å². The van der Waals surface area contributed by atoms with Gasteiger partial charge in [0.15, 0.2) is 17.3 Å². The van der Waals surface area contributed by atoms with Crippen molar-refractivity contribution in [2.75, 3.05) is 13.2 Å². The van der Waals surface area contributed by atoms with Crippen molar-refractivity contribution < 1.29 is 19.5 Å². The summed E-state index contributed by atoms with van der Waals surface area (Å²) < 4.78 is 0. The number of ketones is 3. The van der Waals surface area contributed by atoms with Crippen molar-refractivity contribution in [1.82, 2.24) is 5.32 Å². The topological polar surface area (TPSA) is 83.5 Å². The van der Waals surface area contributed by atoms with Gasteiger partial charge in [0.1, 0.15) is 0 Å². The van der Waals surface area contributed by atoms with Gasteiger partial charge in [-0.2, -0.15) is 0 Å². The molecule has 0 fully saturated rings. The highest BCUT2D eigenvalue weighted by Gasteiger charge is 2.15. The molecule has 1 aromatic carbocycles. The van der Waals surface area contributed by atoms with Crippen LogP contribution in [0.1, 0.15) is 51.8 Å². The summed E-state index contributed by atoms with van der Waals surface area (Å²) in [6.07, 6.45) is 0. The summed E-state index contributed by atoms with van der Waals surface area (Å²) in [6, 6.07) is 4.31. The summed E-state index contributed by atoms with van der Waals surface area (Å²) in [5.74, 6) is -0.648. The highest BCUT2D eigenvalue weighted by atomic mass is 16.3. The van der Waals surface area contributed by atoms with Crippen molar-refractivity contribution in [3.63, 3.8) is 0 Å². The molecule has 5 nitrogen and oxygen atoms in total. The Hall–Kier alpha value is -1.85. The zero-order chi connectivity index (χ0) is 15.3. The fraction of sp³-hybridized carbons (Fsp3) is 0.400. The maximum atomic E-state index is 12.0. The SMILES string of the molecule is CC(=O)c1ccc(C(=O)CNC(C)CO)cc1C(C)=O. The smallest absolute Gasteiger partial charge is 0.176 e. The van der Waals surface area contributed by atoms with Crippen LogP contribution in [-0.2, 0) is 0 Å². The molecule has 0 spiro atoms. The summed E-state index contributed by atoms with van der Waals surface area (Å²) in [7, 11) is 0. The molecule has 0 aliphatic rings. The Labute approximate surface area is 118 Å². The maximum absolute atomic E-state index is 12.0. The molecule has 0 saturated heterocycles. The van der Waals surface area contributed by atoms with Crippen LogP contribution in [0, 0.1) is 0 Å². The summed E-state index contributed by atoms with van der Waals surface area (Å²) in [5, 5.41) is 11.7. The lowest BCUT2D eigenvalue weighted by molar-refractivity contribution is 0.0974. The Kier molecular flexibility index (Phi) is 5.73. The Balaban J connectivity index is 2.97. The molecule has 0 amide bonds. The molecular formula is C15H19NO4. The lowest BCUT2D eigenvalue weighted by Gasteiger charge is -2.11. The molecule has 0 heterocycles. The molecule has 108 valence electrons. The number of carbonyl (C=O) groups is 3. The van der Waals surface area contributed by atoms with Crippen LogP contribution < -0.4 is 5.32 Å². The van der Waals surface area contributed by atoms with Gasteiger partial charge in [0.25, 0.3) is 0 Å². The van der Waals surface area contributed by atoms with Gasteiger partial charge < -0.3 is 10.4 Å². The third kappa shape index (κ3) is 4.08. The normalized spacial score (nSPS) is 12.0. The highest BCUT2D eigenvalue weighted by Crippen LogP contribution is 2.14. The number of hydrogen-bond acceptors (Lipinski definition) is 5. The molecule has 1 rings (SSSR count). The Bertz CT molecular complexity index is 537. The molecule has 0 radical (unpaired) electrons. The van der Waals surface area contributed by atoms with Crippen molar-refractivity contribution in [3.8, 4) is 0 Å². The number of Topliss-reactive ketones (excluding diaryl/α,β-unsaturated/α-hetero) is 3. The number of rotatable bonds is 7. The van der Waals surface area contributed by atoms with E-state index in [9.17, 15) is 14.4 Å². The number of nitrogens with one attached hydrogen (secondary N) is 1. The number of benzene rings is 1. The van der Waals surface area contributed by atoms with Gasteiger partial charge in [-0.05, 0) is 32.9 Å². The van der Waals surface area contributed by atoms with Crippen molar-refractivity contribution in [1.29, 1.82) is 0 Å². The van der Waals surface area contributed by atoms with Gasteiger partial charge in [0, 0.05) is 22.7 Å². The Morgan fingerprint density at radius 2 is 1.75 bits per heavy atom. The van der Waals surface area contributed by atoms with E-state index < -0.39 is 0 Å². The molecule has 0 aliphatic heterocycles. The molecule has 0 bridgehead atoms. The standard InChI is InChI=1S/C15H19NO4/c1-9(8-17)16-7-15(20)12-4-5-13(10(2)18)14(6-12)11(3)19/h4-6,9,16-17H,7-8H2,1-3H3. The summed E-state index contributed by atoms with van der Waals surface area (Å²) >= 11 is 0. The zero-order valence-corrected chi connectivity index (χ0v) is 11.9. The molecule has 0 aliphatic carbocycles. The van der Waals surface area contributed by atoms with E-state index in [1.807, 2.05) is 0 Å². The first kappa shape index (κ1) is 16.2. The van der Waals surface area contributed by atoms with E-state index in [1.54, 1.807) is 6.92 Å². The predicted molar refractivity (Wildman–Crippen MR) is 75.3 cm³/mol. The van der Waals surface area contributed by atoms with Crippen LogP contribution in [-0.4, -0.2) is 41.6 Å². The Morgan fingerprint density at radius 1 is 1.15 bits per heavy atom. The molecule has 0 aromatic heterocycles. The first-order valence-electron chi connectivity index (χ1n) is 6.40. The number of aliphatic hydroxyl groups is 1. The third-order valence-electron chi connectivity index (χ3n) is 2.99. The average Bonchev–Trinajstić information content (AvgIpc) is 2.43. The van der Waals surface area contributed by atoms with Gasteiger partial charge in [-0.3, -0.25) is 14.4 Å². The van der Waals surface area contributed by atoms with Crippen LogP contribution >= 0.6 is 0 Å². The van der Waals surface area contributed by atoms with E-state index in [0.717, 1.165) is 0 Å². The minimum Gasteiger partial charge on any atom is -0.395 e. The van der Waals surface area contributed by atoms with Crippen molar-refractivity contribution in [2.45, 2.75) is 26.8 Å². The minimum absolute atomic E-state index is 0.0603. The second-order valence-corrected chi connectivity index (χ2v) is 4.76. The van der Waals surface area contributed by atoms with Crippen molar-refractivity contribution in [2.24, 2.45) is 0 Å². The molecule has 5 heteroatoms. The van der Waals surface area contributed by atoms with E-state index >= 15 is 0 Å². The quantitative estimate of drug-likeness (QED) is 0.733. The van der Waals surface area contributed by atoms with Gasteiger partial charge in [-0.15, -0.1) is 0 Å². The summed E-state index contributed by atoms with van der Waals surface area (Å²) in [6.45, 7) is 4.51. The molecule has 1 atom stereocenters. The van der Waals surface area contributed by atoms with E-state index in [2.05, 4.69) is 5.32 Å². The lowest BCUT2D eigenvalue weighted by Crippen LogP contribution is -2.34. The number of hydrogen-bond donors (Lipinski definition) is 2. The third-order valence-corrected chi connectivity index (χ3v) is 2.99. The van der Waals surface area contributed by atoms with Crippen molar-refractivity contribution in [3.05, 3.63) is 34.9 Å². The predicted octanol–water partition coefficient (Wildman–Crippen LogP) is 1.24. The second-order valence-electron chi connectivity index (χ2n) is 4.76. The highest BCUT2D eigenvalue weighted by molar-refractivity contribution is 6.09. The summed E-state index contributed by atoms with van der Waals surface area (Å²) in [4.78, 5) is 35.0. The van der Waals surface area contributed by atoms with Gasteiger partial charge in [0.05, 0.1) is 13.2 Å². The fourth-order valence-electron chi connectivity index (χ4n) is 1.75. The molecular weight excluding hydrogens is 258 g/mol. The van der Waals surface area contributed by atoms with Crippen LogP contribution in [0.3, 0.4) is 0 Å². The molecule has 20 heavy (non-hydrogen) atoms. The zero-order valence-electron chi connectivity index (χ0n) is 11.9. The van der Waals surface area contributed by atoms with Crippen LogP contribution in [0.2, 0.25) is 0 Å².